The predicted molar refractivity (Wildman–Crippen MR) is 53.4 cm³/mol. The van der Waals surface area contributed by atoms with Gasteiger partial charge in [0.25, 0.3) is 0 Å². The zero-order valence-corrected chi connectivity index (χ0v) is 8.25. The number of nitrogen functional groups attached to an aromatic ring is 1. The maximum absolute atomic E-state index is 8.84. The quantitative estimate of drug-likeness (QED) is 0.753. The Balaban J connectivity index is 2.56. The van der Waals surface area contributed by atoms with Gasteiger partial charge in [0, 0.05) is 18.8 Å². The molecule has 0 fully saturated rings. The molecule has 0 bridgehead atoms. The minimum atomic E-state index is 0.403. The van der Waals surface area contributed by atoms with E-state index in [4.69, 9.17) is 11.0 Å². The summed E-state index contributed by atoms with van der Waals surface area (Å²) in [5, 5.41) is 13.2. The lowest BCUT2D eigenvalue weighted by Gasteiger charge is -1.88. The van der Waals surface area contributed by atoms with Crippen molar-refractivity contribution in [3.63, 3.8) is 0 Å². The Morgan fingerprint density at radius 3 is 3.00 bits per heavy atom. The maximum atomic E-state index is 8.84. The second-order valence-corrected chi connectivity index (χ2v) is 3.77. The number of nitrogens with two attached hydrogens (primary N) is 1. The smallest absolute Gasteiger partial charge is 0.181 e. The van der Waals surface area contributed by atoms with Crippen molar-refractivity contribution in [1.29, 1.82) is 5.26 Å². The van der Waals surface area contributed by atoms with E-state index in [0.717, 1.165) is 5.56 Å². The molecule has 0 radical (unpaired) electrons. The summed E-state index contributed by atoms with van der Waals surface area (Å²) >= 11 is 1.19. The van der Waals surface area contributed by atoms with Gasteiger partial charge in [0.2, 0.25) is 0 Å². The molecular weight excluding hydrogens is 198 g/mol. The minimum Gasteiger partial charge on any atom is -0.375 e. The third kappa shape index (κ3) is 1.34. The standard InChI is InChI=1S/C8H7N5S/c1-13-4-5(3-11-13)7-6(2-9)14-8(10)12-7/h3-4H,1H3,(H2,10,12). The molecule has 70 valence electrons. The summed E-state index contributed by atoms with van der Waals surface area (Å²) in [6.45, 7) is 0. The highest BCUT2D eigenvalue weighted by atomic mass is 32.1. The number of hydrogen-bond acceptors (Lipinski definition) is 5. The molecule has 2 aromatic rings. The second-order valence-electron chi connectivity index (χ2n) is 2.74. The van der Waals surface area contributed by atoms with E-state index in [1.54, 1.807) is 17.1 Å². The summed E-state index contributed by atoms with van der Waals surface area (Å²) in [5.74, 6) is 0. The first kappa shape index (κ1) is 8.72. The van der Waals surface area contributed by atoms with Crippen LogP contribution < -0.4 is 5.73 Å². The normalized spacial score (nSPS) is 10.0. The van der Waals surface area contributed by atoms with Crippen LogP contribution >= 0.6 is 11.3 Å². The largest absolute Gasteiger partial charge is 0.375 e. The van der Waals surface area contributed by atoms with Crippen LogP contribution in [0.25, 0.3) is 11.3 Å². The van der Waals surface area contributed by atoms with Crippen molar-refractivity contribution in [3.05, 3.63) is 17.3 Å². The van der Waals surface area contributed by atoms with Gasteiger partial charge in [0.15, 0.2) is 5.13 Å². The molecule has 0 amide bonds. The molecular formula is C8H7N5S. The number of anilines is 1. The number of aromatic nitrogens is 3. The Kier molecular flexibility index (Phi) is 1.94. The molecule has 5 nitrogen and oxygen atoms in total. The monoisotopic (exact) mass is 205 g/mol. The van der Waals surface area contributed by atoms with Crippen LogP contribution in [0.1, 0.15) is 4.88 Å². The summed E-state index contributed by atoms with van der Waals surface area (Å²) in [7, 11) is 1.81. The predicted octanol–water partition coefficient (Wildman–Crippen LogP) is 0.997. The molecule has 2 N–H and O–H groups in total. The van der Waals surface area contributed by atoms with Gasteiger partial charge >= 0.3 is 0 Å². The van der Waals surface area contributed by atoms with E-state index in [1.807, 2.05) is 7.05 Å². The molecule has 2 rings (SSSR count). The third-order valence-corrected chi connectivity index (χ3v) is 2.51. The number of rotatable bonds is 1. The molecule has 2 aromatic heterocycles. The van der Waals surface area contributed by atoms with E-state index < -0.39 is 0 Å². The minimum absolute atomic E-state index is 0.403. The molecule has 0 spiro atoms. The van der Waals surface area contributed by atoms with Gasteiger partial charge in [-0.05, 0) is 0 Å². The lowest BCUT2D eigenvalue weighted by molar-refractivity contribution is 0.768. The molecule has 0 aliphatic rings. The maximum Gasteiger partial charge on any atom is 0.181 e. The fourth-order valence-electron chi connectivity index (χ4n) is 1.15. The van der Waals surface area contributed by atoms with Crippen molar-refractivity contribution in [3.8, 4) is 17.3 Å². The van der Waals surface area contributed by atoms with Crippen molar-refractivity contribution in [1.82, 2.24) is 14.8 Å². The molecule has 0 atom stereocenters. The van der Waals surface area contributed by atoms with Crippen LogP contribution in [0, 0.1) is 11.3 Å². The Bertz CT molecular complexity index is 504. The number of hydrogen-bond donors (Lipinski definition) is 1. The van der Waals surface area contributed by atoms with Crippen LogP contribution in [-0.4, -0.2) is 14.8 Å². The molecule has 6 heteroatoms. The van der Waals surface area contributed by atoms with Gasteiger partial charge in [0.05, 0.1) is 6.20 Å². The lowest BCUT2D eigenvalue weighted by Crippen LogP contribution is -1.85. The van der Waals surface area contributed by atoms with E-state index in [0.29, 0.717) is 15.7 Å². The van der Waals surface area contributed by atoms with Crippen molar-refractivity contribution < 1.29 is 0 Å². The fourth-order valence-corrected chi connectivity index (χ4v) is 1.80. The van der Waals surface area contributed by atoms with E-state index in [2.05, 4.69) is 16.2 Å². The van der Waals surface area contributed by atoms with Crippen LogP contribution in [0.2, 0.25) is 0 Å². The highest BCUT2D eigenvalue weighted by Gasteiger charge is 2.12. The van der Waals surface area contributed by atoms with Crippen molar-refractivity contribution in [2.24, 2.45) is 7.05 Å². The van der Waals surface area contributed by atoms with E-state index in [-0.39, 0.29) is 0 Å². The highest BCUT2D eigenvalue weighted by molar-refractivity contribution is 7.16. The molecule has 0 unspecified atom stereocenters. The zero-order chi connectivity index (χ0) is 10.1. The van der Waals surface area contributed by atoms with Gasteiger partial charge in [-0.25, -0.2) is 4.98 Å². The average Bonchev–Trinajstić information content (AvgIpc) is 2.71. The summed E-state index contributed by atoms with van der Waals surface area (Å²) in [5.41, 5.74) is 6.96. The van der Waals surface area contributed by atoms with E-state index in [9.17, 15) is 0 Å². The van der Waals surface area contributed by atoms with Crippen LogP contribution in [0.15, 0.2) is 12.4 Å². The molecule has 0 aliphatic carbocycles. The van der Waals surface area contributed by atoms with Crippen molar-refractivity contribution >= 4 is 16.5 Å². The van der Waals surface area contributed by atoms with Crippen LogP contribution in [0.4, 0.5) is 5.13 Å². The number of nitrogens with zero attached hydrogens (tertiary/aromatic N) is 4. The van der Waals surface area contributed by atoms with Gasteiger partial charge < -0.3 is 5.73 Å². The van der Waals surface area contributed by atoms with Gasteiger partial charge in [-0.3, -0.25) is 4.68 Å². The molecule has 0 saturated heterocycles. The Morgan fingerprint density at radius 2 is 2.43 bits per heavy atom. The zero-order valence-electron chi connectivity index (χ0n) is 7.43. The Hall–Kier alpha value is -1.87. The van der Waals surface area contributed by atoms with E-state index in [1.165, 1.54) is 11.3 Å². The van der Waals surface area contributed by atoms with Crippen molar-refractivity contribution in [2.45, 2.75) is 0 Å². The summed E-state index contributed by atoms with van der Waals surface area (Å²) in [4.78, 5) is 4.61. The molecule has 0 aromatic carbocycles. The Morgan fingerprint density at radius 1 is 1.64 bits per heavy atom. The average molecular weight is 205 g/mol. The van der Waals surface area contributed by atoms with Gasteiger partial charge in [-0.2, -0.15) is 10.4 Å². The lowest BCUT2D eigenvalue weighted by atomic mass is 10.2. The third-order valence-electron chi connectivity index (χ3n) is 1.72. The molecule has 0 aliphatic heterocycles. The van der Waals surface area contributed by atoms with Crippen molar-refractivity contribution in [2.75, 3.05) is 5.73 Å². The molecule has 0 saturated carbocycles. The second kappa shape index (κ2) is 3.12. The van der Waals surface area contributed by atoms with Crippen LogP contribution in [-0.2, 0) is 7.05 Å². The first-order valence-electron chi connectivity index (χ1n) is 3.86. The van der Waals surface area contributed by atoms with Gasteiger partial charge in [-0.15, -0.1) is 0 Å². The fraction of sp³-hybridized carbons (Fsp3) is 0.125. The summed E-state index contributed by atoms with van der Waals surface area (Å²) < 4.78 is 1.66. The number of nitriles is 1. The SMILES string of the molecule is Cn1cc(-c2nc(N)sc2C#N)cn1. The first-order valence-corrected chi connectivity index (χ1v) is 4.68. The number of thiazole rings is 1. The van der Waals surface area contributed by atoms with Gasteiger partial charge in [-0.1, -0.05) is 11.3 Å². The summed E-state index contributed by atoms with van der Waals surface area (Å²) in [6.07, 6.45) is 3.46. The summed E-state index contributed by atoms with van der Waals surface area (Å²) in [6, 6.07) is 2.06. The highest BCUT2D eigenvalue weighted by Crippen LogP contribution is 2.28. The van der Waals surface area contributed by atoms with Crippen LogP contribution in [0.5, 0.6) is 0 Å². The molecule has 14 heavy (non-hydrogen) atoms. The Labute approximate surface area is 84.4 Å². The topological polar surface area (TPSA) is 80.5 Å². The molecule has 2 heterocycles. The van der Waals surface area contributed by atoms with E-state index >= 15 is 0 Å². The number of aryl methyl sites for hydroxylation is 1. The first-order chi connectivity index (χ1) is 6.70. The van der Waals surface area contributed by atoms with Crippen LogP contribution in [0.3, 0.4) is 0 Å². The van der Waals surface area contributed by atoms with Gasteiger partial charge in [0.1, 0.15) is 16.6 Å².